The minimum absolute atomic E-state index is 0.0166. The number of nitrogens with zero attached hydrogens (tertiary/aromatic N) is 2. The van der Waals surface area contributed by atoms with E-state index in [1.165, 1.54) is 50.5 Å². The summed E-state index contributed by atoms with van der Waals surface area (Å²) in [6.07, 6.45) is 14.6. The second kappa shape index (κ2) is 13.6. The molecule has 46 heavy (non-hydrogen) atoms. The van der Waals surface area contributed by atoms with E-state index in [1.54, 1.807) is 0 Å². The van der Waals surface area contributed by atoms with Crippen LogP contribution in [0.1, 0.15) is 119 Å². The normalized spacial score (nSPS) is 38.1. The van der Waals surface area contributed by atoms with Gasteiger partial charge in [-0.25, -0.2) is 4.79 Å². The number of rotatable bonds is 13. The predicted octanol–water partition coefficient (Wildman–Crippen LogP) is 7.58. The molecule has 7 nitrogen and oxygen atoms in total. The van der Waals surface area contributed by atoms with Gasteiger partial charge in [-0.3, -0.25) is 14.1 Å². The minimum Gasteiger partial charge on any atom is -0.475 e. The van der Waals surface area contributed by atoms with Gasteiger partial charge in [-0.1, -0.05) is 78.9 Å². The highest BCUT2D eigenvalue weighted by molar-refractivity contribution is 6.35. The lowest BCUT2D eigenvalue weighted by Gasteiger charge is -2.66. The highest BCUT2D eigenvalue weighted by atomic mass is 16.6. The van der Waals surface area contributed by atoms with Gasteiger partial charge in [-0.2, -0.15) is 0 Å². The molecule has 10 atom stereocenters. The Hall–Kier alpha value is -1.73. The molecule has 0 aromatic carbocycles. The lowest BCUT2D eigenvalue weighted by Crippen LogP contribution is -2.74. The van der Waals surface area contributed by atoms with Crippen LogP contribution in [-0.2, 0) is 19.1 Å². The van der Waals surface area contributed by atoms with Crippen LogP contribution in [0.2, 0.25) is 0 Å². The van der Waals surface area contributed by atoms with E-state index >= 15 is 0 Å². The van der Waals surface area contributed by atoms with Gasteiger partial charge < -0.3 is 14.7 Å². The fraction of sp³-hybridized carbons (Fsp3) is 0.872. The molecule has 0 heterocycles. The molecule has 3 unspecified atom stereocenters. The molecule has 7 heteroatoms. The number of carbonyl (C=O) groups excluding carboxylic acids is 2. The van der Waals surface area contributed by atoms with Crippen molar-refractivity contribution in [3.05, 3.63) is 11.6 Å². The lowest BCUT2D eigenvalue weighted by atomic mass is 9.43. The maximum absolute atomic E-state index is 13.4. The zero-order valence-corrected chi connectivity index (χ0v) is 31.2. The molecular weight excluding hydrogens is 576 g/mol. The standard InChI is InChI=1S/C39H66N2O5/c1-12-14-32-35(40(7)8)38(6)27(24-39(32,41(9,10)11)46-34(43)23-33(42)36(44)45)17-18-28-30-20-19-29(26(4)16-13-15-25(2)3)37(30,5)22-21-31(28)38/h17,25-26,28-32,35H,12-16,18-24H2,1-11H3/p+1/t26-,28+,29-,30+,31+,32?,35?,37-,38+,39?/m1/s1. The van der Waals surface area contributed by atoms with E-state index in [9.17, 15) is 19.5 Å². The smallest absolute Gasteiger partial charge is 0.372 e. The van der Waals surface area contributed by atoms with Gasteiger partial charge in [0, 0.05) is 11.5 Å². The van der Waals surface area contributed by atoms with Crippen LogP contribution in [0.4, 0.5) is 0 Å². The first-order valence-corrected chi connectivity index (χ1v) is 18.5. The third-order valence-electron chi connectivity index (χ3n) is 13.9. The molecule has 0 aliphatic heterocycles. The first-order valence-electron chi connectivity index (χ1n) is 18.5. The number of carbonyl (C=O) groups is 3. The van der Waals surface area contributed by atoms with E-state index in [0.717, 1.165) is 42.9 Å². The van der Waals surface area contributed by atoms with Gasteiger partial charge in [0.15, 0.2) is 0 Å². The summed E-state index contributed by atoms with van der Waals surface area (Å²) in [5.74, 6) is 0.929. The number of quaternary nitrogens is 1. The summed E-state index contributed by atoms with van der Waals surface area (Å²) in [4.78, 5) is 39.2. The molecule has 0 saturated heterocycles. The minimum atomic E-state index is -1.59. The van der Waals surface area contributed by atoms with Crippen molar-refractivity contribution in [3.63, 3.8) is 0 Å². The molecule has 3 fully saturated rings. The number of fused-ring (bicyclic) bond motifs is 5. The summed E-state index contributed by atoms with van der Waals surface area (Å²) in [6, 6.07) is 0.136. The van der Waals surface area contributed by atoms with Crippen LogP contribution in [0.25, 0.3) is 0 Å². The second-order valence-corrected chi connectivity index (χ2v) is 17.9. The Kier molecular flexibility index (Phi) is 11.0. The Morgan fingerprint density at radius 1 is 1.04 bits per heavy atom. The zero-order chi connectivity index (χ0) is 34.4. The molecule has 4 aliphatic rings. The number of hydrogen-bond acceptors (Lipinski definition) is 5. The Bertz CT molecular complexity index is 1170. The number of hydrogen-bond donors (Lipinski definition) is 1. The molecule has 4 rings (SSSR count). The van der Waals surface area contributed by atoms with Gasteiger partial charge in [-0.15, -0.1) is 0 Å². The van der Waals surface area contributed by atoms with E-state index in [-0.39, 0.29) is 17.4 Å². The fourth-order valence-corrected chi connectivity index (χ4v) is 11.9. The van der Waals surface area contributed by atoms with Crippen molar-refractivity contribution in [1.29, 1.82) is 0 Å². The van der Waals surface area contributed by atoms with Crippen LogP contribution in [0.3, 0.4) is 0 Å². The van der Waals surface area contributed by atoms with Crippen molar-refractivity contribution in [2.75, 3.05) is 35.2 Å². The summed E-state index contributed by atoms with van der Waals surface area (Å²) < 4.78 is 6.89. The Labute approximate surface area is 280 Å². The van der Waals surface area contributed by atoms with Crippen molar-refractivity contribution >= 4 is 17.7 Å². The monoisotopic (exact) mass is 644 g/mol. The number of aliphatic carboxylic acids is 1. The first kappa shape index (κ1) is 37.1. The topological polar surface area (TPSA) is 83.9 Å². The van der Waals surface area contributed by atoms with Gasteiger partial charge in [-0.05, 0) is 93.5 Å². The maximum atomic E-state index is 13.4. The quantitative estimate of drug-likeness (QED) is 0.0556. The third-order valence-corrected chi connectivity index (χ3v) is 13.9. The molecule has 262 valence electrons. The number of esters is 1. The summed E-state index contributed by atoms with van der Waals surface area (Å²) >= 11 is 0. The van der Waals surface area contributed by atoms with Crippen molar-refractivity contribution < 1.29 is 28.7 Å². The second-order valence-electron chi connectivity index (χ2n) is 17.9. The Morgan fingerprint density at radius 3 is 2.28 bits per heavy atom. The molecular formula is C39H67N2O5+. The molecule has 0 aromatic heterocycles. The molecule has 1 N–H and O–H groups in total. The maximum Gasteiger partial charge on any atom is 0.372 e. The summed E-state index contributed by atoms with van der Waals surface area (Å²) in [5, 5.41) is 9.22. The van der Waals surface area contributed by atoms with Crippen LogP contribution in [0, 0.1) is 52.3 Å². The Balaban J connectivity index is 1.72. The van der Waals surface area contributed by atoms with E-state index in [0.29, 0.717) is 28.2 Å². The summed E-state index contributed by atoms with van der Waals surface area (Å²) in [6.45, 7) is 14.6. The fourth-order valence-electron chi connectivity index (χ4n) is 11.9. The van der Waals surface area contributed by atoms with Gasteiger partial charge in [0.1, 0.15) is 6.42 Å². The largest absolute Gasteiger partial charge is 0.475 e. The van der Waals surface area contributed by atoms with Gasteiger partial charge in [0.25, 0.3) is 11.5 Å². The Morgan fingerprint density at radius 2 is 1.72 bits per heavy atom. The van der Waals surface area contributed by atoms with E-state index in [1.807, 2.05) is 0 Å². The van der Waals surface area contributed by atoms with Gasteiger partial charge >= 0.3 is 11.9 Å². The molecule has 0 amide bonds. The highest BCUT2D eigenvalue weighted by Crippen LogP contribution is 2.69. The zero-order valence-electron chi connectivity index (χ0n) is 31.2. The molecule has 3 saturated carbocycles. The van der Waals surface area contributed by atoms with Crippen LogP contribution in [0.15, 0.2) is 11.6 Å². The van der Waals surface area contributed by atoms with Crippen molar-refractivity contribution in [2.45, 2.75) is 130 Å². The lowest BCUT2D eigenvalue weighted by molar-refractivity contribution is -0.955. The van der Waals surface area contributed by atoms with Crippen LogP contribution >= 0.6 is 0 Å². The number of allylic oxidation sites excluding steroid dienone is 1. The van der Waals surface area contributed by atoms with E-state index < -0.39 is 29.9 Å². The highest BCUT2D eigenvalue weighted by Gasteiger charge is 2.69. The number of ether oxygens (including phenoxy) is 1. The molecule has 0 radical (unpaired) electrons. The molecule has 0 spiro atoms. The number of Topliss-reactive ketones (excluding diaryl/α,β-unsaturated/α-hetero) is 1. The van der Waals surface area contributed by atoms with Crippen LogP contribution in [0.5, 0.6) is 0 Å². The van der Waals surface area contributed by atoms with E-state index in [4.69, 9.17) is 4.74 Å². The van der Waals surface area contributed by atoms with Gasteiger partial charge in [0.05, 0.1) is 33.5 Å². The number of carboxylic acids is 1. The summed E-state index contributed by atoms with van der Waals surface area (Å²) in [7, 11) is 10.6. The number of ketones is 1. The van der Waals surface area contributed by atoms with Crippen LogP contribution in [-0.4, -0.2) is 79.2 Å². The number of carboxylic acid groups (broad SMARTS) is 1. The van der Waals surface area contributed by atoms with E-state index in [2.05, 4.69) is 87.8 Å². The predicted molar refractivity (Wildman–Crippen MR) is 184 cm³/mol. The van der Waals surface area contributed by atoms with Crippen molar-refractivity contribution in [2.24, 2.45) is 52.3 Å². The van der Waals surface area contributed by atoms with Gasteiger partial charge in [0.2, 0.25) is 0 Å². The summed E-state index contributed by atoms with van der Waals surface area (Å²) in [5.41, 5.74) is 0.830. The van der Waals surface area contributed by atoms with Crippen LogP contribution < -0.4 is 0 Å². The van der Waals surface area contributed by atoms with Crippen molar-refractivity contribution in [3.8, 4) is 0 Å². The molecule has 0 bridgehead atoms. The third kappa shape index (κ3) is 6.37. The average molecular weight is 644 g/mol. The molecule has 0 aromatic rings. The SMILES string of the molecule is CCCC1C(N(C)C)[C@@]2(C)C(=CC[C@H]3[C@@H]4CC[C@H]([C@H](C)CCCC(C)C)[C@@]4(C)CC[C@@H]32)CC1(OC(=O)CC(=O)C(=O)O)[N+](C)(C)C. The van der Waals surface area contributed by atoms with Crippen molar-refractivity contribution in [1.82, 2.24) is 4.90 Å². The molecule has 4 aliphatic carbocycles. The first-order chi connectivity index (χ1) is 21.3. The average Bonchev–Trinajstić information content (AvgIpc) is 3.29.